The van der Waals surface area contributed by atoms with Crippen molar-refractivity contribution in [3.63, 3.8) is 0 Å². The quantitative estimate of drug-likeness (QED) is 0.193. The Bertz CT molecular complexity index is 1580. The Hall–Kier alpha value is -4.27. The third-order valence-corrected chi connectivity index (χ3v) is 10.4. The number of hydrogen-bond acceptors (Lipinski definition) is 8. The predicted octanol–water partition coefficient (Wildman–Crippen LogP) is 4.74. The summed E-state index contributed by atoms with van der Waals surface area (Å²) in [4.78, 5) is 58.0. The van der Waals surface area contributed by atoms with Crippen LogP contribution >= 0.6 is 0 Å². The van der Waals surface area contributed by atoms with E-state index in [1.807, 2.05) is 58.0 Å². The predicted molar refractivity (Wildman–Crippen MR) is 199 cm³/mol. The molecule has 4 rings (SSSR count). The first-order chi connectivity index (χ1) is 24.8. The van der Waals surface area contributed by atoms with Gasteiger partial charge in [0.2, 0.25) is 23.6 Å². The average Bonchev–Trinajstić information content (AvgIpc) is 3.54. The number of rotatable bonds is 16. The van der Waals surface area contributed by atoms with Gasteiger partial charge in [0, 0.05) is 19.0 Å². The lowest BCUT2D eigenvalue weighted by atomic mass is 9.72. The van der Waals surface area contributed by atoms with Gasteiger partial charge in [-0.15, -0.1) is 0 Å². The van der Waals surface area contributed by atoms with Crippen LogP contribution < -0.4 is 21.1 Å². The molecule has 5 N–H and O–H groups in total. The topological polar surface area (TPSA) is 175 Å². The molecule has 1 saturated carbocycles. The van der Waals surface area contributed by atoms with Gasteiger partial charge in [-0.05, 0) is 60.8 Å². The van der Waals surface area contributed by atoms with Crippen LogP contribution in [0.15, 0.2) is 48.5 Å². The van der Waals surface area contributed by atoms with Gasteiger partial charge in [0.25, 0.3) is 0 Å². The van der Waals surface area contributed by atoms with Gasteiger partial charge >= 0.3 is 0 Å². The number of nitrogens with two attached hydrogens (primary N) is 1. The SMILES string of the molecule is CC(=O)N(C(=O)[C@@H](N)Cc1ccccc1)[C@](CC(C)C)(C(=O)N[C@@H](CC1CCCCC1)[C@@H](O)CC(=O)NCC(C)C)C1COc2ccc(C#N)cc21. The number of nitriles is 1. The molecule has 0 saturated heterocycles. The minimum absolute atomic E-state index is 0.0389. The minimum Gasteiger partial charge on any atom is -0.493 e. The number of carbonyl (C=O) groups is 4. The Morgan fingerprint density at radius 3 is 2.35 bits per heavy atom. The maximum absolute atomic E-state index is 15.4. The van der Waals surface area contributed by atoms with Crippen LogP contribution in [-0.4, -0.2) is 70.5 Å². The molecule has 5 atom stereocenters. The van der Waals surface area contributed by atoms with Crippen molar-refractivity contribution in [2.24, 2.45) is 23.5 Å². The van der Waals surface area contributed by atoms with Gasteiger partial charge in [-0.3, -0.25) is 24.1 Å². The van der Waals surface area contributed by atoms with Gasteiger partial charge in [-0.1, -0.05) is 90.1 Å². The third kappa shape index (κ3) is 9.98. The fourth-order valence-corrected chi connectivity index (χ4v) is 7.91. The molecule has 2 aromatic rings. The molecule has 4 amide bonds. The Kier molecular flexibility index (Phi) is 14.4. The van der Waals surface area contributed by atoms with Crippen molar-refractivity contribution in [3.8, 4) is 11.8 Å². The van der Waals surface area contributed by atoms with E-state index in [4.69, 9.17) is 10.5 Å². The van der Waals surface area contributed by atoms with Crippen LogP contribution in [0, 0.1) is 29.1 Å². The summed E-state index contributed by atoms with van der Waals surface area (Å²) in [5.41, 5.74) is 6.40. The van der Waals surface area contributed by atoms with E-state index in [1.54, 1.807) is 18.2 Å². The van der Waals surface area contributed by atoms with Crippen LogP contribution in [0.3, 0.4) is 0 Å². The number of imide groups is 1. The molecule has 1 fully saturated rings. The summed E-state index contributed by atoms with van der Waals surface area (Å²) in [5, 5.41) is 27.5. The number of aliphatic hydroxyl groups excluding tert-OH is 1. The summed E-state index contributed by atoms with van der Waals surface area (Å²) >= 11 is 0. The first kappa shape index (κ1) is 40.5. The maximum Gasteiger partial charge on any atom is 0.247 e. The zero-order valence-electron chi connectivity index (χ0n) is 31.4. The summed E-state index contributed by atoms with van der Waals surface area (Å²) in [6.07, 6.45) is 4.23. The Morgan fingerprint density at radius 2 is 1.73 bits per heavy atom. The second kappa shape index (κ2) is 18.5. The molecule has 1 heterocycles. The van der Waals surface area contributed by atoms with Crippen LogP contribution in [0.25, 0.3) is 0 Å². The van der Waals surface area contributed by atoms with Crippen LogP contribution in [0.2, 0.25) is 0 Å². The van der Waals surface area contributed by atoms with Crippen molar-refractivity contribution >= 4 is 23.6 Å². The van der Waals surface area contributed by atoms with E-state index in [0.29, 0.717) is 29.8 Å². The number of nitrogens with one attached hydrogen (secondary N) is 2. The summed E-state index contributed by atoms with van der Waals surface area (Å²) in [5.74, 6) is -2.53. The minimum atomic E-state index is -1.87. The number of ether oxygens (including phenoxy) is 1. The lowest BCUT2D eigenvalue weighted by molar-refractivity contribution is -0.162. The summed E-state index contributed by atoms with van der Waals surface area (Å²) in [6.45, 7) is 9.45. The smallest absolute Gasteiger partial charge is 0.247 e. The molecule has 2 aromatic carbocycles. The third-order valence-electron chi connectivity index (χ3n) is 10.4. The molecule has 0 radical (unpaired) electrons. The second-order valence-electron chi connectivity index (χ2n) is 15.5. The van der Waals surface area contributed by atoms with E-state index in [0.717, 1.165) is 42.6 Å². The molecule has 1 unspecified atom stereocenters. The Labute approximate surface area is 308 Å². The number of benzene rings is 2. The molecule has 1 aliphatic heterocycles. The van der Waals surface area contributed by atoms with Crippen molar-refractivity contribution in [3.05, 3.63) is 65.2 Å². The zero-order chi connectivity index (χ0) is 38.0. The number of fused-ring (bicyclic) bond motifs is 1. The van der Waals surface area contributed by atoms with Gasteiger partial charge in [0.05, 0.1) is 48.8 Å². The lowest BCUT2D eigenvalue weighted by Gasteiger charge is -2.47. The largest absolute Gasteiger partial charge is 0.493 e. The lowest BCUT2D eigenvalue weighted by Crippen LogP contribution is -2.69. The first-order valence-electron chi connectivity index (χ1n) is 18.8. The Balaban J connectivity index is 1.84. The Morgan fingerprint density at radius 1 is 1.04 bits per heavy atom. The molecule has 282 valence electrons. The second-order valence-corrected chi connectivity index (χ2v) is 15.5. The first-order valence-corrected chi connectivity index (χ1v) is 18.8. The van der Waals surface area contributed by atoms with Crippen LogP contribution in [-0.2, 0) is 25.6 Å². The molecule has 0 aromatic heterocycles. The fourth-order valence-electron chi connectivity index (χ4n) is 7.91. The highest BCUT2D eigenvalue weighted by Gasteiger charge is 2.58. The van der Waals surface area contributed by atoms with E-state index >= 15 is 4.79 Å². The van der Waals surface area contributed by atoms with E-state index in [2.05, 4.69) is 16.7 Å². The van der Waals surface area contributed by atoms with Crippen molar-refractivity contribution in [2.45, 2.75) is 122 Å². The number of hydrogen-bond donors (Lipinski definition) is 4. The van der Waals surface area contributed by atoms with E-state index in [9.17, 15) is 24.8 Å². The van der Waals surface area contributed by atoms with Gasteiger partial charge in [-0.25, -0.2) is 0 Å². The van der Waals surface area contributed by atoms with Gasteiger partial charge < -0.3 is 26.2 Å². The van der Waals surface area contributed by atoms with Crippen LogP contribution in [0.4, 0.5) is 0 Å². The average molecular weight is 716 g/mol. The van der Waals surface area contributed by atoms with Crippen molar-refractivity contribution in [2.75, 3.05) is 13.2 Å². The van der Waals surface area contributed by atoms with Crippen molar-refractivity contribution in [1.29, 1.82) is 5.26 Å². The van der Waals surface area contributed by atoms with Crippen molar-refractivity contribution < 1.29 is 29.0 Å². The van der Waals surface area contributed by atoms with Gasteiger partial charge in [0.1, 0.15) is 11.3 Å². The summed E-state index contributed by atoms with van der Waals surface area (Å²) in [7, 11) is 0. The molecule has 0 spiro atoms. The highest BCUT2D eigenvalue weighted by atomic mass is 16.5. The monoisotopic (exact) mass is 715 g/mol. The van der Waals surface area contributed by atoms with E-state index in [1.165, 1.54) is 6.92 Å². The molecule has 2 aliphatic rings. The molecular formula is C41H57N5O6. The highest BCUT2D eigenvalue weighted by Crippen LogP contribution is 2.47. The molecule has 11 nitrogen and oxygen atoms in total. The van der Waals surface area contributed by atoms with Crippen LogP contribution in [0.1, 0.15) is 109 Å². The van der Waals surface area contributed by atoms with Gasteiger partial charge in [-0.2, -0.15) is 5.26 Å². The van der Waals surface area contributed by atoms with E-state index < -0.39 is 47.4 Å². The number of nitrogens with zero attached hydrogens (tertiary/aromatic N) is 2. The standard InChI is InChI=1S/C41H57N5O6/c1-26(2)22-41(33-25-52-37-17-16-31(23-42)18-32(33)37,46(28(5)47)39(50)34(43)19-29-12-8-6-9-13-29)40(51)45-35(20-30-14-10-7-11-15-30)36(48)21-38(49)44-24-27(3)4/h6,8-9,12-13,16-18,26-27,30,33-36,48H,7,10-11,14-15,19-22,24-25,43H2,1-5H3,(H,44,49)(H,45,51)/t33?,34-,35-,36-,41-/m0/s1. The zero-order valence-corrected chi connectivity index (χ0v) is 31.4. The summed E-state index contributed by atoms with van der Waals surface area (Å²) in [6, 6.07) is 14.3. The molecule has 11 heteroatoms. The fraction of sp³-hybridized carbons (Fsp3) is 0.585. The number of carbonyl (C=O) groups excluding carboxylic acids is 4. The van der Waals surface area contributed by atoms with Crippen molar-refractivity contribution in [1.82, 2.24) is 15.5 Å². The number of aliphatic hydroxyl groups is 1. The maximum atomic E-state index is 15.4. The van der Waals surface area contributed by atoms with Gasteiger partial charge in [0.15, 0.2) is 0 Å². The van der Waals surface area contributed by atoms with Crippen LogP contribution in [0.5, 0.6) is 5.75 Å². The van der Waals surface area contributed by atoms with E-state index in [-0.39, 0.29) is 49.5 Å². The normalized spacial score (nSPS) is 18.7. The molecule has 52 heavy (non-hydrogen) atoms. The summed E-state index contributed by atoms with van der Waals surface area (Å²) < 4.78 is 6.11. The molecular weight excluding hydrogens is 658 g/mol. The molecule has 0 bridgehead atoms. The number of amides is 4. The highest BCUT2D eigenvalue weighted by molar-refractivity contribution is 6.04. The molecule has 1 aliphatic carbocycles.